The van der Waals surface area contributed by atoms with Gasteiger partial charge in [0.15, 0.2) is 28.4 Å². The van der Waals surface area contributed by atoms with E-state index in [1.807, 2.05) is 0 Å². The Hall–Kier alpha value is -2.03. The molecular formula is C12H10F4N4S. The standard InChI is InChI=1S/C12H10F4N4S/c1-17-7-4-8(20-12(19-7)21-2)18-11-9(15)5(13)3-6(14)10(11)16/h3-4H,1-2H3,(H2,17,18,19,20). The van der Waals surface area contributed by atoms with E-state index in [1.165, 1.54) is 17.8 Å². The fourth-order valence-corrected chi connectivity index (χ4v) is 1.90. The molecule has 0 aliphatic carbocycles. The quantitative estimate of drug-likeness (QED) is 0.391. The van der Waals surface area contributed by atoms with Crippen LogP contribution in [-0.4, -0.2) is 23.3 Å². The van der Waals surface area contributed by atoms with Gasteiger partial charge < -0.3 is 10.6 Å². The average Bonchev–Trinajstić information content (AvgIpc) is 2.49. The molecule has 1 heterocycles. The van der Waals surface area contributed by atoms with Crippen LogP contribution in [0.4, 0.5) is 34.9 Å². The van der Waals surface area contributed by atoms with Crippen molar-refractivity contribution >= 4 is 29.1 Å². The summed E-state index contributed by atoms with van der Waals surface area (Å²) in [6.45, 7) is 0. The maximum atomic E-state index is 13.6. The van der Waals surface area contributed by atoms with Crippen molar-refractivity contribution in [2.75, 3.05) is 23.9 Å². The number of halogens is 4. The Morgan fingerprint density at radius 1 is 0.952 bits per heavy atom. The van der Waals surface area contributed by atoms with E-state index < -0.39 is 29.0 Å². The lowest BCUT2D eigenvalue weighted by molar-refractivity contribution is 0.459. The van der Waals surface area contributed by atoms with Gasteiger partial charge in [0.2, 0.25) is 0 Å². The summed E-state index contributed by atoms with van der Waals surface area (Å²) in [6, 6.07) is 1.49. The van der Waals surface area contributed by atoms with Crippen molar-refractivity contribution in [2.24, 2.45) is 0 Å². The summed E-state index contributed by atoms with van der Waals surface area (Å²) < 4.78 is 53.5. The predicted octanol–water partition coefficient (Wildman–Crippen LogP) is 3.54. The van der Waals surface area contributed by atoms with E-state index in [4.69, 9.17) is 0 Å². The van der Waals surface area contributed by atoms with E-state index in [9.17, 15) is 17.6 Å². The first-order valence-corrected chi connectivity index (χ1v) is 6.89. The molecule has 0 radical (unpaired) electrons. The van der Waals surface area contributed by atoms with Gasteiger partial charge >= 0.3 is 0 Å². The highest BCUT2D eigenvalue weighted by molar-refractivity contribution is 7.98. The Balaban J connectivity index is 2.47. The van der Waals surface area contributed by atoms with Gasteiger partial charge in [-0.25, -0.2) is 27.5 Å². The number of hydrogen-bond acceptors (Lipinski definition) is 5. The van der Waals surface area contributed by atoms with Crippen LogP contribution in [0.3, 0.4) is 0 Å². The third-order valence-electron chi connectivity index (χ3n) is 2.51. The highest BCUT2D eigenvalue weighted by Gasteiger charge is 2.20. The van der Waals surface area contributed by atoms with Crippen molar-refractivity contribution in [2.45, 2.75) is 5.16 Å². The van der Waals surface area contributed by atoms with Crippen LogP contribution in [0.1, 0.15) is 0 Å². The zero-order valence-corrected chi connectivity index (χ0v) is 11.8. The van der Waals surface area contributed by atoms with Crippen LogP contribution in [0.5, 0.6) is 0 Å². The van der Waals surface area contributed by atoms with Crippen molar-refractivity contribution in [1.82, 2.24) is 9.97 Å². The number of nitrogens with zero attached hydrogens (tertiary/aromatic N) is 2. The molecule has 0 saturated heterocycles. The molecule has 1 aromatic heterocycles. The Morgan fingerprint density at radius 2 is 1.52 bits per heavy atom. The van der Waals surface area contributed by atoms with Gasteiger partial charge in [-0.15, -0.1) is 0 Å². The number of rotatable bonds is 4. The molecule has 0 spiro atoms. The van der Waals surface area contributed by atoms with E-state index in [-0.39, 0.29) is 11.9 Å². The number of anilines is 3. The second kappa shape index (κ2) is 6.17. The molecule has 112 valence electrons. The molecule has 1 aromatic carbocycles. The first kappa shape index (κ1) is 15.4. The van der Waals surface area contributed by atoms with Gasteiger partial charge in [0.25, 0.3) is 0 Å². The Kier molecular flexibility index (Phi) is 4.51. The summed E-state index contributed by atoms with van der Waals surface area (Å²) in [5.41, 5.74) is -0.944. The lowest BCUT2D eigenvalue weighted by atomic mass is 10.2. The summed E-state index contributed by atoms with van der Waals surface area (Å²) in [6.07, 6.45) is 1.71. The highest BCUT2D eigenvalue weighted by atomic mass is 32.2. The summed E-state index contributed by atoms with van der Waals surface area (Å²) in [5, 5.41) is 5.30. The van der Waals surface area contributed by atoms with E-state index in [0.29, 0.717) is 11.0 Å². The molecule has 0 bridgehead atoms. The molecule has 0 atom stereocenters. The smallest absolute Gasteiger partial charge is 0.191 e. The van der Waals surface area contributed by atoms with Crippen molar-refractivity contribution in [3.63, 3.8) is 0 Å². The van der Waals surface area contributed by atoms with Gasteiger partial charge in [0.1, 0.15) is 17.3 Å². The number of thioether (sulfide) groups is 1. The fourth-order valence-electron chi connectivity index (χ4n) is 1.52. The molecule has 9 heteroatoms. The molecule has 2 aromatic rings. The van der Waals surface area contributed by atoms with Gasteiger partial charge in [-0.3, -0.25) is 0 Å². The molecule has 2 rings (SSSR count). The summed E-state index contributed by atoms with van der Waals surface area (Å²) in [4.78, 5) is 8.02. The Labute approximate surface area is 122 Å². The number of aromatic nitrogens is 2. The lowest BCUT2D eigenvalue weighted by Crippen LogP contribution is -2.06. The summed E-state index contributed by atoms with van der Waals surface area (Å²) in [5.74, 6) is -5.65. The average molecular weight is 318 g/mol. The third-order valence-corrected chi connectivity index (χ3v) is 3.06. The monoisotopic (exact) mass is 318 g/mol. The lowest BCUT2D eigenvalue weighted by Gasteiger charge is -2.11. The van der Waals surface area contributed by atoms with E-state index in [2.05, 4.69) is 20.6 Å². The topological polar surface area (TPSA) is 49.8 Å². The molecule has 2 N–H and O–H groups in total. The van der Waals surface area contributed by atoms with Crippen LogP contribution in [0.2, 0.25) is 0 Å². The minimum atomic E-state index is -1.52. The Morgan fingerprint density at radius 3 is 2.05 bits per heavy atom. The third kappa shape index (κ3) is 3.18. The molecule has 0 aliphatic heterocycles. The molecule has 0 unspecified atom stereocenters. The number of nitrogens with one attached hydrogen (secondary N) is 2. The molecule has 0 aliphatic rings. The highest BCUT2D eigenvalue weighted by Crippen LogP contribution is 2.28. The van der Waals surface area contributed by atoms with Crippen molar-refractivity contribution in [1.29, 1.82) is 0 Å². The maximum absolute atomic E-state index is 13.6. The van der Waals surface area contributed by atoms with Crippen molar-refractivity contribution in [3.8, 4) is 0 Å². The molecule has 0 saturated carbocycles. The summed E-state index contributed by atoms with van der Waals surface area (Å²) >= 11 is 1.20. The fraction of sp³-hybridized carbons (Fsp3) is 0.167. The van der Waals surface area contributed by atoms with E-state index in [1.54, 1.807) is 13.3 Å². The molecule has 0 amide bonds. The summed E-state index contributed by atoms with van der Waals surface area (Å²) in [7, 11) is 1.60. The van der Waals surface area contributed by atoms with Gasteiger partial charge in [0.05, 0.1) is 0 Å². The second-order valence-corrected chi connectivity index (χ2v) is 4.62. The zero-order valence-electron chi connectivity index (χ0n) is 11.0. The van der Waals surface area contributed by atoms with Gasteiger partial charge in [-0.2, -0.15) is 0 Å². The van der Waals surface area contributed by atoms with Crippen LogP contribution >= 0.6 is 11.8 Å². The zero-order chi connectivity index (χ0) is 15.6. The number of hydrogen-bond donors (Lipinski definition) is 2. The van der Waals surface area contributed by atoms with Crippen molar-refractivity contribution in [3.05, 3.63) is 35.4 Å². The van der Waals surface area contributed by atoms with Crippen LogP contribution < -0.4 is 10.6 Å². The van der Waals surface area contributed by atoms with Crippen LogP contribution in [0.15, 0.2) is 17.3 Å². The van der Waals surface area contributed by atoms with Gasteiger partial charge in [0, 0.05) is 19.2 Å². The molecule has 4 nitrogen and oxygen atoms in total. The largest absolute Gasteiger partial charge is 0.373 e. The SMILES string of the molecule is CNc1cc(Nc2c(F)c(F)cc(F)c2F)nc(SC)n1. The van der Waals surface area contributed by atoms with Crippen molar-refractivity contribution < 1.29 is 17.6 Å². The van der Waals surface area contributed by atoms with E-state index in [0.717, 1.165) is 0 Å². The molecule has 0 fully saturated rings. The van der Waals surface area contributed by atoms with E-state index >= 15 is 0 Å². The number of benzene rings is 1. The minimum absolute atomic E-state index is 0.00139. The van der Waals surface area contributed by atoms with Gasteiger partial charge in [-0.1, -0.05) is 11.8 Å². The van der Waals surface area contributed by atoms with Crippen LogP contribution in [0.25, 0.3) is 0 Å². The van der Waals surface area contributed by atoms with Crippen LogP contribution in [0, 0.1) is 23.3 Å². The predicted molar refractivity (Wildman–Crippen MR) is 72.9 cm³/mol. The first-order chi connectivity index (χ1) is 9.96. The molecular weight excluding hydrogens is 308 g/mol. The normalized spacial score (nSPS) is 10.6. The molecule has 21 heavy (non-hydrogen) atoms. The van der Waals surface area contributed by atoms with Crippen LogP contribution in [-0.2, 0) is 0 Å². The second-order valence-electron chi connectivity index (χ2n) is 3.84. The Bertz CT molecular complexity index is 632. The minimum Gasteiger partial charge on any atom is -0.373 e. The van der Waals surface area contributed by atoms with Gasteiger partial charge in [-0.05, 0) is 6.26 Å². The first-order valence-electron chi connectivity index (χ1n) is 5.67. The maximum Gasteiger partial charge on any atom is 0.191 e.